The molecule has 1 fully saturated rings. The SMILES string of the molecule is CC(NC1CCCOC1)C(F)(F)F. The minimum Gasteiger partial charge on any atom is -0.380 e. The molecular weight excluding hydrogens is 183 g/mol. The maximum Gasteiger partial charge on any atom is 0.403 e. The highest BCUT2D eigenvalue weighted by molar-refractivity contribution is 4.77. The van der Waals surface area contributed by atoms with Crippen molar-refractivity contribution in [3.63, 3.8) is 0 Å². The Balaban J connectivity index is 2.30. The van der Waals surface area contributed by atoms with E-state index in [2.05, 4.69) is 5.32 Å². The summed E-state index contributed by atoms with van der Waals surface area (Å²) in [4.78, 5) is 0. The van der Waals surface area contributed by atoms with E-state index in [0.717, 1.165) is 19.8 Å². The van der Waals surface area contributed by atoms with Crippen molar-refractivity contribution in [3.05, 3.63) is 0 Å². The van der Waals surface area contributed by atoms with E-state index in [9.17, 15) is 13.2 Å². The molecule has 0 amide bonds. The molecule has 1 N–H and O–H groups in total. The molecule has 0 spiro atoms. The lowest BCUT2D eigenvalue weighted by atomic mass is 10.1. The summed E-state index contributed by atoms with van der Waals surface area (Å²) in [7, 11) is 0. The van der Waals surface area contributed by atoms with Gasteiger partial charge in [-0.15, -0.1) is 0 Å². The van der Waals surface area contributed by atoms with Crippen molar-refractivity contribution >= 4 is 0 Å². The molecule has 0 aromatic rings. The molecule has 2 nitrogen and oxygen atoms in total. The van der Waals surface area contributed by atoms with Crippen LogP contribution >= 0.6 is 0 Å². The Hall–Kier alpha value is -0.290. The first-order valence-corrected chi connectivity index (χ1v) is 4.40. The van der Waals surface area contributed by atoms with Crippen LogP contribution in [0, 0.1) is 0 Å². The van der Waals surface area contributed by atoms with Crippen molar-refractivity contribution in [2.24, 2.45) is 0 Å². The number of rotatable bonds is 2. The maximum atomic E-state index is 12.1. The number of ether oxygens (including phenoxy) is 1. The number of hydrogen-bond donors (Lipinski definition) is 1. The topological polar surface area (TPSA) is 21.3 Å². The normalized spacial score (nSPS) is 27.2. The van der Waals surface area contributed by atoms with Gasteiger partial charge in [0.2, 0.25) is 0 Å². The van der Waals surface area contributed by atoms with Crippen LogP contribution in [0.25, 0.3) is 0 Å². The van der Waals surface area contributed by atoms with E-state index in [1.165, 1.54) is 0 Å². The van der Waals surface area contributed by atoms with Crippen LogP contribution in [0.3, 0.4) is 0 Å². The number of nitrogens with one attached hydrogen (secondary N) is 1. The number of alkyl halides is 3. The van der Waals surface area contributed by atoms with Crippen molar-refractivity contribution in [2.45, 2.75) is 38.0 Å². The Morgan fingerprint density at radius 2 is 2.15 bits per heavy atom. The van der Waals surface area contributed by atoms with E-state index in [-0.39, 0.29) is 6.04 Å². The quantitative estimate of drug-likeness (QED) is 0.727. The van der Waals surface area contributed by atoms with Gasteiger partial charge in [-0.05, 0) is 19.8 Å². The second-order valence-corrected chi connectivity index (χ2v) is 3.34. The lowest BCUT2D eigenvalue weighted by molar-refractivity contribution is -0.155. The molecule has 13 heavy (non-hydrogen) atoms. The predicted molar refractivity (Wildman–Crippen MR) is 42.5 cm³/mol. The fraction of sp³-hybridized carbons (Fsp3) is 1.00. The standard InChI is InChI=1S/C8H14F3NO/c1-6(8(9,10)11)12-7-3-2-4-13-5-7/h6-7,12H,2-5H2,1H3. The van der Waals surface area contributed by atoms with Crippen LogP contribution in [-0.2, 0) is 4.74 Å². The van der Waals surface area contributed by atoms with E-state index in [0.29, 0.717) is 13.2 Å². The summed E-state index contributed by atoms with van der Waals surface area (Å²) in [5.74, 6) is 0. The second-order valence-electron chi connectivity index (χ2n) is 3.34. The van der Waals surface area contributed by atoms with Crippen LogP contribution in [0.4, 0.5) is 13.2 Å². The summed E-state index contributed by atoms with van der Waals surface area (Å²) in [6, 6.07) is -1.59. The minimum atomic E-state index is -4.16. The molecular formula is C8H14F3NO. The highest BCUT2D eigenvalue weighted by atomic mass is 19.4. The van der Waals surface area contributed by atoms with Gasteiger partial charge in [0.05, 0.1) is 6.61 Å². The molecule has 0 aliphatic carbocycles. The molecule has 78 valence electrons. The lowest BCUT2D eigenvalue weighted by Crippen LogP contribution is -2.48. The van der Waals surface area contributed by atoms with Gasteiger partial charge < -0.3 is 10.1 Å². The molecule has 2 unspecified atom stereocenters. The summed E-state index contributed by atoms with van der Waals surface area (Å²) in [5.41, 5.74) is 0. The summed E-state index contributed by atoms with van der Waals surface area (Å²) in [6.45, 7) is 2.19. The smallest absolute Gasteiger partial charge is 0.380 e. The van der Waals surface area contributed by atoms with Gasteiger partial charge in [0.25, 0.3) is 0 Å². The zero-order valence-electron chi connectivity index (χ0n) is 7.53. The van der Waals surface area contributed by atoms with Gasteiger partial charge in [0, 0.05) is 12.6 Å². The molecule has 0 bridgehead atoms. The van der Waals surface area contributed by atoms with Gasteiger partial charge in [-0.1, -0.05) is 0 Å². The van der Waals surface area contributed by atoms with E-state index >= 15 is 0 Å². The second kappa shape index (κ2) is 4.28. The molecule has 0 aromatic heterocycles. The lowest BCUT2D eigenvalue weighted by Gasteiger charge is -2.27. The third kappa shape index (κ3) is 3.52. The fourth-order valence-electron chi connectivity index (χ4n) is 1.32. The van der Waals surface area contributed by atoms with Gasteiger partial charge >= 0.3 is 6.18 Å². The van der Waals surface area contributed by atoms with Crippen molar-refractivity contribution in [1.29, 1.82) is 0 Å². The summed E-state index contributed by atoms with van der Waals surface area (Å²) in [6.07, 6.45) is -2.56. The first-order chi connectivity index (χ1) is 6.00. The van der Waals surface area contributed by atoms with Gasteiger partial charge in [-0.25, -0.2) is 0 Å². The summed E-state index contributed by atoms with van der Waals surface area (Å²) >= 11 is 0. The van der Waals surface area contributed by atoms with E-state index < -0.39 is 12.2 Å². The van der Waals surface area contributed by atoms with Crippen LogP contribution in [0.15, 0.2) is 0 Å². The predicted octanol–water partition coefficient (Wildman–Crippen LogP) is 1.71. The molecule has 1 saturated heterocycles. The van der Waals surface area contributed by atoms with Gasteiger partial charge in [0.15, 0.2) is 0 Å². The zero-order valence-corrected chi connectivity index (χ0v) is 7.53. The van der Waals surface area contributed by atoms with E-state index in [1.807, 2.05) is 0 Å². The molecule has 1 aliphatic rings. The molecule has 1 aliphatic heterocycles. The molecule has 2 atom stereocenters. The van der Waals surface area contributed by atoms with Crippen LogP contribution in [0.1, 0.15) is 19.8 Å². The Morgan fingerprint density at radius 3 is 2.62 bits per heavy atom. The maximum absolute atomic E-state index is 12.1. The Morgan fingerprint density at radius 1 is 1.46 bits per heavy atom. The van der Waals surface area contributed by atoms with E-state index in [4.69, 9.17) is 4.74 Å². The molecule has 0 radical (unpaired) electrons. The molecule has 0 aromatic carbocycles. The molecule has 5 heteroatoms. The summed E-state index contributed by atoms with van der Waals surface area (Å²) in [5, 5.41) is 2.51. The highest BCUT2D eigenvalue weighted by Gasteiger charge is 2.37. The minimum absolute atomic E-state index is 0.148. The van der Waals surface area contributed by atoms with Crippen molar-refractivity contribution < 1.29 is 17.9 Å². The van der Waals surface area contributed by atoms with Crippen molar-refractivity contribution in [2.75, 3.05) is 13.2 Å². The Kier molecular flexibility index (Phi) is 3.55. The van der Waals surface area contributed by atoms with Gasteiger partial charge in [0.1, 0.15) is 6.04 Å². The van der Waals surface area contributed by atoms with Crippen LogP contribution in [-0.4, -0.2) is 31.5 Å². The number of hydrogen-bond acceptors (Lipinski definition) is 2. The van der Waals surface area contributed by atoms with Crippen LogP contribution in [0.5, 0.6) is 0 Å². The largest absolute Gasteiger partial charge is 0.403 e. The average molecular weight is 197 g/mol. The molecule has 0 saturated carbocycles. The van der Waals surface area contributed by atoms with Gasteiger partial charge in [-0.3, -0.25) is 0 Å². The average Bonchev–Trinajstić information content (AvgIpc) is 2.04. The third-order valence-electron chi connectivity index (χ3n) is 2.14. The monoisotopic (exact) mass is 197 g/mol. The van der Waals surface area contributed by atoms with Crippen molar-refractivity contribution in [3.8, 4) is 0 Å². The third-order valence-corrected chi connectivity index (χ3v) is 2.14. The number of halogens is 3. The molecule has 1 rings (SSSR count). The molecule has 1 heterocycles. The Bertz CT molecular complexity index is 154. The Labute approximate surface area is 75.4 Å². The van der Waals surface area contributed by atoms with Crippen LogP contribution in [0.2, 0.25) is 0 Å². The van der Waals surface area contributed by atoms with Crippen LogP contribution < -0.4 is 5.32 Å². The summed E-state index contributed by atoms with van der Waals surface area (Å²) < 4.78 is 41.4. The fourth-order valence-corrected chi connectivity index (χ4v) is 1.32. The van der Waals surface area contributed by atoms with E-state index in [1.54, 1.807) is 0 Å². The van der Waals surface area contributed by atoms with Crippen molar-refractivity contribution in [1.82, 2.24) is 5.32 Å². The van der Waals surface area contributed by atoms with Gasteiger partial charge in [-0.2, -0.15) is 13.2 Å². The zero-order chi connectivity index (χ0) is 9.90. The highest BCUT2D eigenvalue weighted by Crippen LogP contribution is 2.20. The first-order valence-electron chi connectivity index (χ1n) is 4.40. The first kappa shape index (κ1) is 10.8.